The van der Waals surface area contributed by atoms with Crippen molar-refractivity contribution in [2.24, 2.45) is 11.7 Å². The molecule has 0 unspecified atom stereocenters. The summed E-state index contributed by atoms with van der Waals surface area (Å²) in [5, 5.41) is 2.55. The molecule has 0 aromatic heterocycles. The van der Waals surface area contributed by atoms with Crippen LogP contribution in [-0.4, -0.2) is 30.4 Å². The zero-order valence-corrected chi connectivity index (χ0v) is 15.9. The summed E-state index contributed by atoms with van der Waals surface area (Å²) in [7, 11) is 0. The van der Waals surface area contributed by atoms with Crippen molar-refractivity contribution in [1.29, 1.82) is 0 Å². The fourth-order valence-corrected chi connectivity index (χ4v) is 3.20. The molecule has 0 spiro atoms. The highest BCUT2D eigenvalue weighted by Crippen LogP contribution is 2.20. The summed E-state index contributed by atoms with van der Waals surface area (Å²) in [5.74, 6) is -2.14. The first-order chi connectivity index (χ1) is 10.7. The molecule has 0 fully saturated rings. The lowest BCUT2D eigenvalue weighted by Crippen LogP contribution is -2.46. The summed E-state index contributed by atoms with van der Waals surface area (Å²) < 4.78 is 6.32. The molecule has 1 aromatic carbocycles. The van der Waals surface area contributed by atoms with Gasteiger partial charge in [0.1, 0.15) is 6.04 Å². The summed E-state index contributed by atoms with van der Waals surface area (Å²) in [6.45, 7) is 3.57. The van der Waals surface area contributed by atoms with Gasteiger partial charge in [0.15, 0.2) is 0 Å². The number of hydrogen-bond acceptors (Lipinski definition) is 4. The first-order valence-corrected chi connectivity index (χ1v) is 8.56. The van der Waals surface area contributed by atoms with Crippen molar-refractivity contribution in [3.8, 4) is 0 Å². The molecule has 0 saturated heterocycles. The Morgan fingerprint density at radius 2 is 1.78 bits per heavy atom. The molecule has 0 aliphatic carbocycles. The molecular weight excluding hydrogens is 432 g/mol. The molecule has 0 aliphatic rings. The number of carbonyl (C=O) groups is 3. The number of carbonyl (C=O) groups excluding carboxylic acids is 3. The van der Waals surface area contributed by atoms with E-state index in [1.165, 1.54) is 0 Å². The predicted octanol–water partition coefficient (Wildman–Crippen LogP) is 2.38. The van der Waals surface area contributed by atoms with E-state index in [9.17, 15) is 14.4 Å². The van der Waals surface area contributed by atoms with Crippen LogP contribution in [0.1, 0.15) is 30.6 Å². The lowest BCUT2D eigenvalue weighted by molar-refractivity contribution is -0.147. The van der Waals surface area contributed by atoms with Gasteiger partial charge in [-0.15, -0.1) is 0 Å². The molecular formula is C15H18Br2N2O4. The summed E-state index contributed by atoms with van der Waals surface area (Å²) in [5.41, 5.74) is 5.68. The zero-order valence-electron chi connectivity index (χ0n) is 12.8. The molecule has 1 aromatic rings. The Labute approximate surface area is 151 Å². The van der Waals surface area contributed by atoms with Crippen molar-refractivity contribution in [2.75, 3.05) is 6.61 Å². The standard InChI is InChI=1S/C15H18Br2N2O4/c1-3-23-15(22)8(2)4-12(13(18)20)19-14(21)9-5-10(16)7-11(17)6-9/h5-8,12H,3-4H2,1-2H3,(H2,18,20)(H,19,21)/t8-,12+/m1/s1. The summed E-state index contributed by atoms with van der Waals surface area (Å²) in [6, 6.07) is 4.06. The van der Waals surface area contributed by atoms with Crippen LogP contribution in [0.5, 0.6) is 0 Å². The normalized spacial score (nSPS) is 13.0. The van der Waals surface area contributed by atoms with Gasteiger partial charge in [-0.2, -0.15) is 0 Å². The van der Waals surface area contributed by atoms with Gasteiger partial charge in [0, 0.05) is 14.5 Å². The lowest BCUT2D eigenvalue weighted by atomic mass is 10.0. The Morgan fingerprint density at radius 3 is 2.26 bits per heavy atom. The van der Waals surface area contributed by atoms with Crippen LogP contribution in [0, 0.1) is 5.92 Å². The summed E-state index contributed by atoms with van der Waals surface area (Å²) in [4.78, 5) is 35.5. The van der Waals surface area contributed by atoms with E-state index in [2.05, 4.69) is 37.2 Å². The molecule has 0 saturated carbocycles. The van der Waals surface area contributed by atoms with E-state index >= 15 is 0 Å². The van der Waals surface area contributed by atoms with Crippen molar-refractivity contribution in [3.05, 3.63) is 32.7 Å². The van der Waals surface area contributed by atoms with Crippen LogP contribution in [0.4, 0.5) is 0 Å². The number of halogens is 2. The molecule has 126 valence electrons. The van der Waals surface area contributed by atoms with E-state index < -0.39 is 29.7 Å². The van der Waals surface area contributed by atoms with Gasteiger partial charge < -0.3 is 15.8 Å². The van der Waals surface area contributed by atoms with Gasteiger partial charge in [-0.1, -0.05) is 38.8 Å². The lowest BCUT2D eigenvalue weighted by Gasteiger charge is -2.19. The molecule has 3 N–H and O–H groups in total. The highest BCUT2D eigenvalue weighted by molar-refractivity contribution is 9.11. The third-order valence-corrected chi connectivity index (χ3v) is 3.97. The smallest absolute Gasteiger partial charge is 0.308 e. The van der Waals surface area contributed by atoms with Crippen molar-refractivity contribution >= 4 is 49.6 Å². The van der Waals surface area contributed by atoms with Crippen LogP contribution in [-0.2, 0) is 14.3 Å². The van der Waals surface area contributed by atoms with Crippen molar-refractivity contribution in [3.63, 3.8) is 0 Å². The molecule has 1 rings (SSSR count). The van der Waals surface area contributed by atoms with Crippen LogP contribution in [0.25, 0.3) is 0 Å². The Balaban J connectivity index is 2.81. The molecule has 0 aliphatic heterocycles. The molecule has 2 amide bonds. The number of primary amides is 1. The third kappa shape index (κ3) is 6.31. The minimum atomic E-state index is -0.959. The minimum absolute atomic E-state index is 0.0785. The number of nitrogens with two attached hydrogens (primary N) is 1. The quantitative estimate of drug-likeness (QED) is 0.624. The van der Waals surface area contributed by atoms with E-state index in [1.807, 2.05) is 0 Å². The maximum absolute atomic E-state index is 12.3. The van der Waals surface area contributed by atoms with Crippen LogP contribution in [0.15, 0.2) is 27.1 Å². The number of benzene rings is 1. The highest BCUT2D eigenvalue weighted by atomic mass is 79.9. The average Bonchev–Trinajstić information content (AvgIpc) is 2.45. The first-order valence-electron chi connectivity index (χ1n) is 6.97. The van der Waals surface area contributed by atoms with Gasteiger partial charge in [0.05, 0.1) is 12.5 Å². The molecule has 2 atom stereocenters. The van der Waals surface area contributed by atoms with E-state index in [1.54, 1.807) is 32.0 Å². The second kappa shape index (κ2) is 9.02. The number of hydrogen-bond donors (Lipinski definition) is 2. The van der Waals surface area contributed by atoms with Gasteiger partial charge in [0.25, 0.3) is 5.91 Å². The fraction of sp³-hybridized carbons (Fsp3) is 0.400. The Kier molecular flexibility index (Phi) is 7.70. The molecule has 0 heterocycles. The second-order valence-corrected chi connectivity index (χ2v) is 6.81. The molecule has 8 heteroatoms. The van der Waals surface area contributed by atoms with Crippen molar-refractivity contribution in [1.82, 2.24) is 5.32 Å². The molecule has 0 radical (unpaired) electrons. The zero-order chi connectivity index (χ0) is 17.6. The second-order valence-electron chi connectivity index (χ2n) is 4.98. The Hall–Kier alpha value is -1.41. The van der Waals surface area contributed by atoms with E-state index in [0.29, 0.717) is 14.5 Å². The largest absolute Gasteiger partial charge is 0.466 e. The van der Waals surface area contributed by atoms with E-state index in [4.69, 9.17) is 10.5 Å². The summed E-state index contributed by atoms with van der Waals surface area (Å²) >= 11 is 6.58. The van der Waals surface area contributed by atoms with Crippen LogP contribution in [0.3, 0.4) is 0 Å². The molecule has 23 heavy (non-hydrogen) atoms. The minimum Gasteiger partial charge on any atom is -0.466 e. The topological polar surface area (TPSA) is 98.5 Å². The number of amides is 2. The van der Waals surface area contributed by atoms with Crippen LogP contribution in [0.2, 0.25) is 0 Å². The van der Waals surface area contributed by atoms with Gasteiger partial charge >= 0.3 is 5.97 Å². The monoisotopic (exact) mass is 448 g/mol. The average molecular weight is 450 g/mol. The fourth-order valence-electron chi connectivity index (χ4n) is 1.91. The van der Waals surface area contributed by atoms with Gasteiger partial charge in [-0.05, 0) is 31.5 Å². The van der Waals surface area contributed by atoms with Crippen molar-refractivity contribution < 1.29 is 19.1 Å². The van der Waals surface area contributed by atoms with E-state index in [0.717, 1.165) is 0 Å². The van der Waals surface area contributed by atoms with Gasteiger partial charge in [-0.3, -0.25) is 14.4 Å². The van der Waals surface area contributed by atoms with Crippen LogP contribution >= 0.6 is 31.9 Å². The third-order valence-electron chi connectivity index (χ3n) is 3.05. The SMILES string of the molecule is CCOC(=O)[C@H](C)C[C@H](NC(=O)c1cc(Br)cc(Br)c1)C(N)=O. The number of nitrogens with one attached hydrogen (secondary N) is 1. The molecule has 0 bridgehead atoms. The van der Waals surface area contributed by atoms with E-state index in [-0.39, 0.29) is 13.0 Å². The first kappa shape index (κ1) is 19.6. The molecule has 6 nitrogen and oxygen atoms in total. The Morgan fingerprint density at radius 1 is 1.22 bits per heavy atom. The Bertz CT molecular complexity index is 587. The number of rotatable bonds is 7. The van der Waals surface area contributed by atoms with Crippen molar-refractivity contribution in [2.45, 2.75) is 26.3 Å². The van der Waals surface area contributed by atoms with Gasteiger partial charge in [-0.25, -0.2) is 0 Å². The van der Waals surface area contributed by atoms with Gasteiger partial charge in [0.2, 0.25) is 5.91 Å². The maximum Gasteiger partial charge on any atom is 0.308 e. The number of esters is 1. The highest BCUT2D eigenvalue weighted by Gasteiger charge is 2.25. The summed E-state index contributed by atoms with van der Waals surface area (Å²) in [6.07, 6.45) is 0.0785. The maximum atomic E-state index is 12.3. The predicted molar refractivity (Wildman–Crippen MR) is 92.7 cm³/mol. The van der Waals surface area contributed by atoms with Crippen LogP contribution < -0.4 is 11.1 Å². The number of ether oxygens (including phenoxy) is 1.